The van der Waals surface area contributed by atoms with Crippen molar-refractivity contribution >= 4 is 40.2 Å². The fourth-order valence-corrected chi connectivity index (χ4v) is 1.92. The molecular formula is C8H12N4O3S2. The number of carboxylic acid groups (broad SMARTS) is 1. The van der Waals surface area contributed by atoms with E-state index >= 15 is 0 Å². The Morgan fingerprint density at radius 3 is 2.94 bits per heavy atom. The highest BCUT2D eigenvalue weighted by Gasteiger charge is 2.19. The number of aliphatic carboxylic acids is 1. The molecule has 94 valence electrons. The second-order valence-electron chi connectivity index (χ2n) is 3.01. The molecule has 9 heteroatoms. The Bertz CT molecular complexity index is 371. The van der Waals surface area contributed by atoms with Gasteiger partial charge in [0.2, 0.25) is 5.13 Å². The molecule has 1 atom stereocenters. The Kier molecular flexibility index (Phi) is 5.70. The van der Waals surface area contributed by atoms with Crippen LogP contribution in [0.25, 0.3) is 0 Å². The van der Waals surface area contributed by atoms with Crippen molar-refractivity contribution in [2.75, 3.05) is 17.3 Å². The largest absolute Gasteiger partial charge is 0.480 e. The first-order chi connectivity index (χ1) is 8.13. The minimum Gasteiger partial charge on any atom is -0.480 e. The van der Waals surface area contributed by atoms with Crippen LogP contribution in [0.2, 0.25) is 0 Å². The first-order valence-corrected chi connectivity index (χ1v) is 6.96. The van der Waals surface area contributed by atoms with Crippen LogP contribution in [-0.2, 0) is 4.79 Å². The summed E-state index contributed by atoms with van der Waals surface area (Å²) in [4.78, 5) is 22.3. The molecule has 1 rings (SSSR count). The van der Waals surface area contributed by atoms with Crippen LogP contribution < -0.4 is 10.6 Å². The molecule has 0 bridgehead atoms. The van der Waals surface area contributed by atoms with Gasteiger partial charge in [-0.3, -0.25) is 5.32 Å². The lowest BCUT2D eigenvalue weighted by Gasteiger charge is -2.13. The van der Waals surface area contributed by atoms with E-state index in [4.69, 9.17) is 5.11 Å². The number of thioether (sulfide) groups is 1. The van der Waals surface area contributed by atoms with E-state index in [0.717, 1.165) is 11.3 Å². The molecule has 3 N–H and O–H groups in total. The average molecular weight is 276 g/mol. The second-order valence-corrected chi connectivity index (χ2v) is 4.83. The lowest BCUT2D eigenvalue weighted by Crippen LogP contribution is -2.43. The van der Waals surface area contributed by atoms with Crippen LogP contribution in [0.1, 0.15) is 6.42 Å². The van der Waals surface area contributed by atoms with Crippen molar-refractivity contribution in [1.29, 1.82) is 0 Å². The molecule has 0 aromatic carbocycles. The fraction of sp³-hybridized carbons (Fsp3) is 0.500. The average Bonchev–Trinajstić information content (AvgIpc) is 2.76. The van der Waals surface area contributed by atoms with Gasteiger partial charge < -0.3 is 10.4 Å². The molecule has 0 saturated heterocycles. The quantitative estimate of drug-likeness (QED) is 0.712. The molecule has 1 heterocycles. The summed E-state index contributed by atoms with van der Waals surface area (Å²) in [5.74, 6) is -0.387. The first-order valence-electron chi connectivity index (χ1n) is 4.69. The Labute approximate surface area is 106 Å². The summed E-state index contributed by atoms with van der Waals surface area (Å²) >= 11 is 2.68. The van der Waals surface area contributed by atoms with E-state index < -0.39 is 18.0 Å². The van der Waals surface area contributed by atoms with Gasteiger partial charge in [-0.05, 0) is 18.4 Å². The highest BCUT2D eigenvalue weighted by Crippen LogP contribution is 2.08. The summed E-state index contributed by atoms with van der Waals surface area (Å²) in [7, 11) is 0. The molecule has 0 aliphatic heterocycles. The van der Waals surface area contributed by atoms with Gasteiger partial charge in [0, 0.05) is 0 Å². The Morgan fingerprint density at radius 2 is 2.41 bits per heavy atom. The van der Waals surface area contributed by atoms with Gasteiger partial charge in [0.05, 0.1) is 0 Å². The van der Waals surface area contributed by atoms with Gasteiger partial charge in [0.25, 0.3) is 0 Å². The number of hydrogen-bond acceptors (Lipinski definition) is 6. The van der Waals surface area contributed by atoms with Crippen molar-refractivity contribution in [3.05, 3.63) is 5.51 Å². The zero-order valence-electron chi connectivity index (χ0n) is 9.04. The lowest BCUT2D eigenvalue weighted by atomic mass is 10.2. The molecule has 0 fully saturated rings. The maximum absolute atomic E-state index is 11.4. The van der Waals surface area contributed by atoms with Crippen molar-refractivity contribution in [3.8, 4) is 0 Å². The van der Waals surface area contributed by atoms with E-state index in [9.17, 15) is 9.59 Å². The van der Waals surface area contributed by atoms with Crippen molar-refractivity contribution < 1.29 is 14.7 Å². The Balaban J connectivity index is 2.43. The first kappa shape index (κ1) is 13.7. The number of rotatable bonds is 6. The molecular weight excluding hydrogens is 264 g/mol. The maximum atomic E-state index is 11.4. The zero-order chi connectivity index (χ0) is 12.7. The van der Waals surface area contributed by atoms with Crippen LogP contribution in [0.3, 0.4) is 0 Å². The highest BCUT2D eigenvalue weighted by molar-refractivity contribution is 7.98. The van der Waals surface area contributed by atoms with Crippen LogP contribution in [0.15, 0.2) is 5.51 Å². The van der Waals surface area contributed by atoms with Crippen molar-refractivity contribution in [3.63, 3.8) is 0 Å². The summed E-state index contributed by atoms with van der Waals surface area (Å²) in [6.45, 7) is 0. The highest BCUT2D eigenvalue weighted by atomic mass is 32.2. The summed E-state index contributed by atoms with van der Waals surface area (Å²) < 4.78 is 0. The van der Waals surface area contributed by atoms with Gasteiger partial charge in [-0.25, -0.2) is 9.59 Å². The lowest BCUT2D eigenvalue weighted by molar-refractivity contribution is -0.139. The number of anilines is 1. The van der Waals surface area contributed by atoms with E-state index in [1.807, 2.05) is 6.26 Å². The summed E-state index contributed by atoms with van der Waals surface area (Å²) in [5.41, 5.74) is 1.47. The molecule has 0 spiro atoms. The molecule has 0 radical (unpaired) electrons. The number of carbonyl (C=O) groups is 2. The van der Waals surface area contributed by atoms with Crippen molar-refractivity contribution in [1.82, 2.24) is 15.5 Å². The van der Waals surface area contributed by atoms with E-state index in [-0.39, 0.29) is 0 Å². The molecule has 7 nitrogen and oxygen atoms in total. The van der Waals surface area contributed by atoms with Crippen LogP contribution in [0, 0.1) is 0 Å². The summed E-state index contributed by atoms with van der Waals surface area (Å²) in [5, 5.41) is 21.2. The van der Waals surface area contributed by atoms with Gasteiger partial charge in [-0.15, -0.1) is 10.2 Å². The van der Waals surface area contributed by atoms with Crippen LogP contribution in [0.5, 0.6) is 0 Å². The van der Waals surface area contributed by atoms with Gasteiger partial charge in [-0.2, -0.15) is 11.8 Å². The number of aromatic nitrogens is 2. The minimum atomic E-state index is -1.05. The molecule has 0 aliphatic carbocycles. The number of nitrogens with one attached hydrogen (secondary N) is 2. The van der Waals surface area contributed by atoms with Crippen LogP contribution in [-0.4, -0.2) is 45.4 Å². The third-order valence-corrected chi connectivity index (χ3v) is 3.05. The van der Waals surface area contributed by atoms with Crippen LogP contribution in [0.4, 0.5) is 9.93 Å². The molecule has 0 saturated carbocycles. The van der Waals surface area contributed by atoms with E-state index in [1.54, 1.807) is 0 Å². The second kappa shape index (κ2) is 7.07. The maximum Gasteiger partial charge on any atom is 0.326 e. The summed E-state index contributed by atoms with van der Waals surface area (Å²) in [6.07, 6.45) is 2.25. The SMILES string of the molecule is CSCCC(NC(=O)Nc1nncs1)C(=O)O. The molecule has 1 unspecified atom stereocenters. The standard InChI is InChI=1S/C8H12N4O3S2/c1-16-3-2-5(6(13)14)10-7(15)11-8-12-9-4-17-8/h4-5H,2-3H2,1H3,(H,13,14)(H2,10,11,12,15). The van der Waals surface area contributed by atoms with Crippen molar-refractivity contribution in [2.24, 2.45) is 0 Å². The Morgan fingerprint density at radius 1 is 1.65 bits per heavy atom. The fourth-order valence-electron chi connectivity index (χ4n) is 1.01. The Hall–Kier alpha value is -1.35. The zero-order valence-corrected chi connectivity index (χ0v) is 10.7. The van der Waals surface area contributed by atoms with Gasteiger partial charge in [0.15, 0.2) is 0 Å². The van der Waals surface area contributed by atoms with Crippen molar-refractivity contribution in [2.45, 2.75) is 12.5 Å². The van der Waals surface area contributed by atoms with E-state index in [2.05, 4.69) is 20.8 Å². The molecule has 0 aliphatic rings. The number of urea groups is 1. The summed E-state index contributed by atoms with van der Waals surface area (Å²) in [6, 6.07) is -1.48. The monoisotopic (exact) mass is 276 g/mol. The predicted octanol–water partition coefficient (Wildman–Crippen LogP) is 0.866. The molecule has 17 heavy (non-hydrogen) atoms. The minimum absolute atomic E-state index is 0.330. The predicted molar refractivity (Wildman–Crippen MR) is 66.5 cm³/mol. The van der Waals surface area contributed by atoms with Gasteiger partial charge >= 0.3 is 12.0 Å². The van der Waals surface area contributed by atoms with E-state index in [0.29, 0.717) is 17.3 Å². The molecule has 1 aromatic rings. The number of carbonyl (C=O) groups excluding carboxylic acids is 1. The smallest absolute Gasteiger partial charge is 0.326 e. The number of hydrogen-bond donors (Lipinski definition) is 3. The van der Waals surface area contributed by atoms with E-state index in [1.165, 1.54) is 17.3 Å². The number of carboxylic acids is 1. The van der Waals surface area contributed by atoms with Gasteiger partial charge in [0.1, 0.15) is 11.6 Å². The van der Waals surface area contributed by atoms with Gasteiger partial charge in [-0.1, -0.05) is 11.3 Å². The topological polar surface area (TPSA) is 104 Å². The molecule has 2 amide bonds. The third kappa shape index (κ3) is 5.00. The molecule has 1 aromatic heterocycles. The third-order valence-electron chi connectivity index (χ3n) is 1.79. The number of amides is 2. The number of nitrogens with zero attached hydrogens (tertiary/aromatic N) is 2. The normalized spacial score (nSPS) is 11.8. The van der Waals surface area contributed by atoms with Crippen LogP contribution >= 0.6 is 23.1 Å².